The lowest BCUT2D eigenvalue weighted by atomic mass is 10.3. The molecule has 0 N–H and O–H groups in total. The molecule has 0 saturated carbocycles. The molecule has 2 nitrogen and oxygen atoms in total. The maximum Gasteiger partial charge on any atom is 0.194 e. The van der Waals surface area contributed by atoms with Gasteiger partial charge in [0.1, 0.15) is 6.26 Å². The molecule has 1 aromatic rings. The first-order valence-electron chi connectivity index (χ1n) is 3.43. The molecule has 2 heteroatoms. The van der Waals surface area contributed by atoms with Crippen molar-refractivity contribution in [3.05, 3.63) is 30.5 Å². The Balaban J connectivity index is 2.28. The number of rotatable bonds is 3. The highest BCUT2D eigenvalue weighted by Crippen LogP contribution is 1.98. The monoisotopic (exact) mass is 137 g/mol. The van der Waals surface area contributed by atoms with Gasteiger partial charge in [-0.05, 0) is 13.3 Å². The first-order chi connectivity index (χ1) is 4.93. The van der Waals surface area contributed by atoms with E-state index < -0.39 is 0 Å². The van der Waals surface area contributed by atoms with Crippen LogP contribution in [-0.2, 0) is 6.42 Å². The van der Waals surface area contributed by atoms with Crippen molar-refractivity contribution < 1.29 is 4.42 Å². The Morgan fingerprint density at radius 1 is 1.70 bits per heavy atom. The Hall–Kier alpha value is -1.05. The van der Waals surface area contributed by atoms with Crippen molar-refractivity contribution in [1.82, 2.24) is 4.98 Å². The van der Waals surface area contributed by atoms with Crippen LogP contribution in [0.1, 0.15) is 19.2 Å². The molecule has 54 valence electrons. The van der Waals surface area contributed by atoms with Gasteiger partial charge in [-0.1, -0.05) is 12.2 Å². The Morgan fingerprint density at radius 3 is 3.20 bits per heavy atom. The molecule has 0 aromatic carbocycles. The van der Waals surface area contributed by atoms with Gasteiger partial charge >= 0.3 is 0 Å². The fraction of sp³-hybridized carbons (Fsp3) is 0.375. The summed E-state index contributed by atoms with van der Waals surface area (Å²) in [6.45, 7) is 2.01. The fourth-order valence-corrected chi connectivity index (χ4v) is 0.750. The number of oxazole rings is 1. The predicted octanol–water partition coefficient (Wildman–Crippen LogP) is 2.18. The summed E-state index contributed by atoms with van der Waals surface area (Å²) in [5, 5.41) is 0. The summed E-state index contributed by atoms with van der Waals surface area (Å²) in [5.74, 6) is 0.818. The molecule has 0 bridgehead atoms. The molecule has 0 aliphatic carbocycles. The summed E-state index contributed by atoms with van der Waals surface area (Å²) in [6.07, 6.45) is 9.32. The molecular formula is C8H11NO. The van der Waals surface area contributed by atoms with Gasteiger partial charge in [0, 0.05) is 6.42 Å². The molecule has 0 amide bonds. The zero-order valence-electron chi connectivity index (χ0n) is 6.08. The number of hydrogen-bond acceptors (Lipinski definition) is 2. The van der Waals surface area contributed by atoms with Crippen LogP contribution in [-0.4, -0.2) is 4.98 Å². The van der Waals surface area contributed by atoms with E-state index in [0.29, 0.717) is 0 Å². The van der Waals surface area contributed by atoms with Crippen LogP contribution < -0.4 is 0 Å². The van der Waals surface area contributed by atoms with Crippen LogP contribution >= 0.6 is 0 Å². The van der Waals surface area contributed by atoms with Crippen molar-refractivity contribution >= 4 is 0 Å². The third-order valence-corrected chi connectivity index (χ3v) is 1.24. The summed E-state index contributed by atoms with van der Waals surface area (Å²) < 4.78 is 5.04. The van der Waals surface area contributed by atoms with Crippen LogP contribution in [0.4, 0.5) is 0 Å². The van der Waals surface area contributed by atoms with Gasteiger partial charge in [-0.2, -0.15) is 0 Å². The maximum absolute atomic E-state index is 5.04. The predicted molar refractivity (Wildman–Crippen MR) is 39.6 cm³/mol. The van der Waals surface area contributed by atoms with Crippen LogP contribution in [0.25, 0.3) is 0 Å². The molecular weight excluding hydrogens is 126 g/mol. The van der Waals surface area contributed by atoms with E-state index >= 15 is 0 Å². The van der Waals surface area contributed by atoms with Crippen LogP contribution in [0, 0.1) is 0 Å². The Bertz CT molecular complexity index is 189. The minimum atomic E-state index is 0.818. The molecule has 10 heavy (non-hydrogen) atoms. The summed E-state index contributed by atoms with van der Waals surface area (Å²) in [6, 6.07) is 0. The average Bonchev–Trinajstić information content (AvgIpc) is 2.41. The summed E-state index contributed by atoms with van der Waals surface area (Å²) >= 11 is 0. The van der Waals surface area contributed by atoms with Gasteiger partial charge in [-0.25, -0.2) is 4.98 Å². The average molecular weight is 137 g/mol. The maximum atomic E-state index is 5.04. The largest absolute Gasteiger partial charge is 0.449 e. The van der Waals surface area contributed by atoms with E-state index in [0.717, 1.165) is 18.7 Å². The van der Waals surface area contributed by atoms with E-state index in [1.807, 2.05) is 13.0 Å². The van der Waals surface area contributed by atoms with Gasteiger partial charge in [0.15, 0.2) is 5.89 Å². The molecule has 0 radical (unpaired) electrons. The lowest BCUT2D eigenvalue weighted by Gasteiger charge is -1.86. The minimum Gasteiger partial charge on any atom is -0.449 e. The van der Waals surface area contributed by atoms with Gasteiger partial charge in [-0.3, -0.25) is 0 Å². The standard InChI is InChI=1S/C8H11NO/c1-2-3-4-5-8-9-6-7-10-8/h2-3,6-7H,4-5H2,1H3/b3-2+. The first kappa shape index (κ1) is 7.06. The molecule has 0 fully saturated rings. The van der Waals surface area contributed by atoms with Crippen molar-refractivity contribution in [2.45, 2.75) is 19.8 Å². The second-order valence-corrected chi connectivity index (χ2v) is 2.03. The van der Waals surface area contributed by atoms with Gasteiger partial charge in [0.25, 0.3) is 0 Å². The van der Waals surface area contributed by atoms with Crippen molar-refractivity contribution in [2.75, 3.05) is 0 Å². The minimum absolute atomic E-state index is 0.818. The zero-order chi connectivity index (χ0) is 7.23. The van der Waals surface area contributed by atoms with E-state index in [2.05, 4.69) is 11.1 Å². The number of hydrogen-bond donors (Lipinski definition) is 0. The highest BCUT2D eigenvalue weighted by molar-refractivity contribution is 4.85. The summed E-state index contributed by atoms with van der Waals surface area (Å²) in [7, 11) is 0. The van der Waals surface area contributed by atoms with Crippen molar-refractivity contribution in [3.8, 4) is 0 Å². The van der Waals surface area contributed by atoms with Gasteiger partial charge in [0.05, 0.1) is 6.20 Å². The first-order valence-corrected chi connectivity index (χ1v) is 3.43. The van der Waals surface area contributed by atoms with E-state index in [1.165, 1.54) is 0 Å². The number of allylic oxidation sites excluding steroid dienone is 2. The van der Waals surface area contributed by atoms with E-state index in [1.54, 1.807) is 12.5 Å². The van der Waals surface area contributed by atoms with Crippen molar-refractivity contribution in [2.24, 2.45) is 0 Å². The molecule has 0 atom stereocenters. The SMILES string of the molecule is C/C=C/CCc1ncco1. The second-order valence-electron chi connectivity index (χ2n) is 2.03. The quantitative estimate of drug-likeness (QED) is 0.597. The van der Waals surface area contributed by atoms with Crippen molar-refractivity contribution in [3.63, 3.8) is 0 Å². The highest BCUT2D eigenvalue weighted by atomic mass is 16.3. The third kappa shape index (κ3) is 2.05. The molecule has 0 spiro atoms. The Morgan fingerprint density at radius 2 is 2.60 bits per heavy atom. The Labute approximate surface area is 60.6 Å². The molecule has 0 aliphatic rings. The van der Waals surface area contributed by atoms with E-state index in [4.69, 9.17) is 4.42 Å². The number of aryl methyl sites for hydroxylation is 1. The smallest absolute Gasteiger partial charge is 0.194 e. The van der Waals surface area contributed by atoms with E-state index in [9.17, 15) is 0 Å². The van der Waals surface area contributed by atoms with Crippen LogP contribution in [0.2, 0.25) is 0 Å². The van der Waals surface area contributed by atoms with Gasteiger partial charge in [-0.15, -0.1) is 0 Å². The molecule has 0 saturated heterocycles. The van der Waals surface area contributed by atoms with Gasteiger partial charge in [0.2, 0.25) is 0 Å². The van der Waals surface area contributed by atoms with Gasteiger partial charge < -0.3 is 4.42 Å². The summed E-state index contributed by atoms with van der Waals surface area (Å²) in [4.78, 5) is 3.99. The third-order valence-electron chi connectivity index (χ3n) is 1.24. The highest BCUT2D eigenvalue weighted by Gasteiger charge is 1.92. The lowest BCUT2D eigenvalue weighted by molar-refractivity contribution is 0.495. The second kappa shape index (κ2) is 3.88. The zero-order valence-corrected chi connectivity index (χ0v) is 6.08. The molecule has 1 heterocycles. The molecule has 0 unspecified atom stereocenters. The fourth-order valence-electron chi connectivity index (χ4n) is 0.750. The van der Waals surface area contributed by atoms with Crippen molar-refractivity contribution in [1.29, 1.82) is 0 Å². The van der Waals surface area contributed by atoms with Crippen LogP contribution in [0.5, 0.6) is 0 Å². The number of aromatic nitrogens is 1. The number of nitrogens with zero attached hydrogens (tertiary/aromatic N) is 1. The normalized spacial score (nSPS) is 10.9. The molecule has 1 aromatic heterocycles. The summed E-state index contributed by atoms with van der Waals surface area (Å²) in [5.41, 5.74) is 0. The van der Waals surface area contributed by atoms with Crippen LogP contribution in [0.15, 0.2) is 29.0 Å². The van der Waals surface area contributed by atoms with E-state index in [-0.39, 0.29) is 0 Å². The lowest BCUT2D eigenvalue weighted by Crippen LogP contribution is -1.80. The van der Waals surface area contributed by atoms with Crippen LogP contribution in [0.3, 0.4) is 0 Å². The topological polar surface area (TPSA) is 26.0 Å². The molecule has 1 rings (SSSR count). The molecule has 0 aliphatic heterocycles. The Kier molecular flexibility index (Phi) is 2.74.